The number of hydrogen-bond acceptors (Lipinski definition) is 2. The van der Waals surface area contributed by atoms with Crippen molar-refractivity contribution in [1.82, 2.24) is 4.90 Å². The first-order valence-corrected chi connectivity index (χ1v) is 6.08. The van der Waals surface area contributed by atoms with Crippen molar-refractivity contribution in [2.75, 3.05) is 6.54 Å². The third-order valence-corrected chi connectivity index (χ3v) is 3.99. The van der Waals surface area contributed by atoms with Gasteiger partial charge in [-0.15, -0.1) is 0 Å². The molecule has 1 aromatic rings. The molecule has 1 aliphatic heterocycles. The molecule has 1 saturated carbocycles. The highest BCUT2D eigenvalue weighted by Gasteiger charge is 2.37. The Balaban J connectivity index is 1.68. The fourth-order valence-corrected chi connectivity index (χ4v) is 3.14. The van der Waals surface area contributed by atoms with Gasteiger partial charge in [0.05, 0.1) is 11.6 Å². The molecule has 0 aromatic heterocycles. The van der Waals surface area contributed by atoms with E-state index < -0.39 is 0 Å². The minimum atomic E-state index is 0.756. The van der Waals surface area contributed by atoms with E-state index in [1.165, 1.54) is 31.4 Å². The number of likely N-dealkylation sites (tertiary alicyclic amines) is 1. The summed E-state index contributed by atoms with van der Waals surface area (Å²) in [4.78, 5) is 2.61. The number of hydrogen-bond donors (Lipinski definition) is 0. The molecule has 2 bridgehead atoms. The first kappa shape index (κ1) is 9.86. The summed E-state index contributed by atoms with van der Waals surface area (Å²) in [6.45, 7) is 2.34. The Hall–Kier alpha value is -1.33. The Morgan fingerprint density at radius 3 is 2.62 bits per heavy atom. The molecule has 1 saturated heterocycles. The summed E-state index contributed by atoms with van der Waals surface area (Å²) in [6, 6.07) is 11.0. The molecule has 82 valence electrons. The molecule has 0 amide bonds. The van der Waals surface area contributed by atoms with Gasteiger partial charge in [-0.1, -0.05) is 12.1 Å². The molecule has 2 fully saturated rings. The Labute approximate surface area is 96.5 Å². The Morgan fingerprint density at radius 1 is 1.25 bits per heavy atom. The summed E-state index contributed by atoms with van der Waals surface area (Å²) in [5, 5.41) is 8.74. The third-order valence-electron chi connectivity index (χ3n) is 3.99. The molecule has 2 aliphatic rings. The van der Waals surface area contributed by atoms with Gasteiger partial charge in [0.1, 0.15) is 0 Å². The molecule has 0 radical (unpaired) electrons. The maximum absolute atomic E-state index is 8.74. The number of rotatable bonds is 2. The van der Waals surface area contributed by atoms with Crippen LogP contribution in [0.2, 0.25) is 0 Å². The van der Waals surface area contributed by atoms with Gasteiger partial charge in [0.2, 0.25) is 0 Å². The van der Waals surface area contributed by atoms with E-state index in [-0.39, 0.29) is 0 Å². The van der Waals surface area contributed by atoms with Gasteiger partial charge in [-0.05, 0) is 42.9 Å². The van der Waals surface area contributed by atoms with Crippen molar-refractivity contribution in [3.05, 3.63) is 35.4 Å². The van der Waals surface area contributed by atoms with Crippen molar-refractivity contribution < 1.29 is 0 Å². The van der Waals surface area contributed by atoms with E-state index in [0.717, 1.165) is 24.1 Å². The second-order valence-corrected chi connectivity index (χ2v) is 5.07. The van der Waals surface area contributed by atoms with E-state index in [1.807, 2.05) is 12.1 Å². The molecule has 1 aliphatic carbocycles. The van der Waals surface area contributed by atoms with Crippen molar-refractivity contribution in [2.45, 2.75) is 31.8 Å². The normalized spacial score (nSPS) is 28.2. The minimum absolute atomic E-state index is 0.756. The van der Waals surface area contributed by atoms with E-state index in [1.54, 1.807) is 0 Å². The lowest BCUT2D eigenvalue weighted by molar-refractivity contribution is 0.205. The molecule has 2 unspecified atom stereocenters. The SMILES string of the molecule is N#Cc1ccc(CN2CC3CCC2C3)cc1. The van der Waals surface area contributed by atoms with Crippen LogP contribution in [0.25, 0.3) is 0 Å². The van der Waals surface area contributed by atoms with Gasteiger partial charge in [-0.2, -0.15) is 5.26 Å². The molecule has 1 aromatic carbocycles. The van der Waals surface area contributed by atoms with Gasteiger partial charge in [-0.3, -0.25) is 4.90 Å². The average molecular weight is 212 g/mol. The van der Waals surface area contributed by atoms with Crippen molar-refractivity contribution in [2.24, 2.45) is 5.92 Å². The topological polar surface area (TPSA) is 27.0 Å². The highest BCUT2D eigenvalue weighted by molar-refractivity contribution is 5.31. The number of fused-ring (bicyclic) bond motifs is 2. The molecule has 2 atom stereocenters. The summed E-state index contributed by atoms with van der Waals surface area (Å²) in [5.74, 6) is 0.961. The predicted octanol–water partition coefficient (Wildman–Crippen LogP) is 2.54. The van der Waals surface area contributed by atoms with Gasteiger partial charge in [0, 0.05) is 19.1 Å². The zero-order chi connectivity index (χ0) is 11.0. The van der Waals surface area contributed by atoms with E-state index >= 15 is 0 Å². The second-order valence-electron chi connectivity index (χ2n) is 5.07. The van der Waals surface area contributed by atoms with Crippen LogP contribution in [0.1, 0.15) is 30.4 Å². The van der Waals surface area contributed by atoms with Crippen molar-refractivity contribution in [3.63, 3.8) is 0 Å². The second kappa shape index (κ2) is 3.92. The summed E-state index contributed by atoms with van der Waals surface area (Å²) in [5.41, 5.74) is 2.10. The smallest absolute Gasteiger partial charge is 0.0991 e. The number of nitriles is 1. The van der Waals surface area contributed by atoms with Crippen molar-refractivity contribution in [3.8, 4) is 6.07 Å². The summed E-state index contributed by atoms with van der Waals surface area (Å²) in [7, 11) is 0. The van der Waals surface area contributed by atoms with E-state index in [0.29, 0.717) is 0 Å². The van der Waals surface area contributed by atoms with Crippen LogP contribution in [-0.4, -0.2) is 17.5 Å². The summed E-state index contributed by atoms with van der Waals surface area (Å²) in [6.07, 6.45) is 4.24. The van der Waals surface area contributed by atoms with Crippen molar-refractivity contribution >= 4 is 0 Å². The summed E-state index contributed by atoms with van der Waals surface area (Å²) < 4.78 is 0. The van der Waals surface area contributed by atoms with Crippen LogP contribution in [0.4, 0.5) is 0 Å². The number of benzene rings is 1. The standard InChI is InChI=1S/C14H16N2/c15-8-11-1-3-12(4-2-11)9-16-10-13-5-6-14(16)7-13/h1-4,13-14H,5-7,9-10H2. The lowest BCUT2D eigenvalue weighted by atomic mass is 10.1. The van der Waals surface area contributed by atoms with Gasteiger partial charge < -0.3 is 0 Å². The average Bonchev–Trinajstić information content (AvgIpc) is 2.92. The zero-order valence-electron chi connectivity index (χ0n) is 9.39. The van der Waals surface area contributed by atoms with Gasteiger partial charge in [0.15, 0.2) is 0 Å². The van der Waals surface area contributed by atoms with Crippen LogP contribution >= 0.6 is 0 Å². The van der Waals surface area contributed by atoms with Crippen LogP contribution in [0, 0.1) is 17.2 Å². The van der Waals surface area contributed by atoms with Crippen LogP contribution < -0.4 is 0 Å². The van der Waals surface area contributed by atoms with Crippen LogP contribution in [0.15, 0.2) is 24.3 Å². The Morgan fingerprint density at radius 2 is 2.06 bits per heavy atom. The first-order valence-electron chi connectivity index (χ1n) is 6.08. The van der Waals surface area contributed by atoms with E-state index in [2.05, 4.69) is 23.1 Å². The summed E-state index contributed by atoms with van der Waals surface area (Å²) >= 11 is 0. The van der Waals surface area contributed by atoms with Crippen LogP contribution in [0.5, 0.6) is 0 Å². The lowest BCUT2D eigenvalue weighted by Gasteiger charge is -2.26. The molecule has 0 N–H and O–H groups in total. The van der Waals surface area contributed by atoms with Gasteiger partial charge in [-0.25, -0.2) is 0 Å². The van der Waals surface area contributed by atoms with Crippen LogP contribution in [0.3, 0.4) is 0 Å². The highest BCUT2D eigenvalue weighted by Crippen LogP contribution is 2.37. The van der Waals surface area contributed by atoms with Gasteiger partial charge in [0.25, 0.3) is 0 Å². The fourth-order valence-electron chi connectivity index (χ4n) is 3.14. The first-order chi connectivity index (χ1) is 7.85. The quantitative estimate of drug-likeness (QED) is 0.753. The Kier molecular flexibility index (Phi) is 2.41. The maximum atomic E-state index is 8.74. The fraction of sp³-hybridized carbons (Fsp3) is 0.500. The van der Waals surface area contributed by atoms with Crippen molar-refractivity contribution in [1.29, 1.82) is 5.26 Å². The van der Waals surface area contributed by atoms with E-state index in [9.17, 15) is 0 Å². The number of piperidine rings is 1. The molecule has 0 spiro atoms. The monoisotopic (exact) mass is 212 g/mol. The molecule has 2 heteroatoms. The van der Waals surface area contributed by atoms with E-state index in [4.69, 9.17) is 5.26 Å². The predicted molar refractivity (Wildman–Crippen MR) is 62.7 cm³/mol. The maximum Gasteiger partial charge on any atom is 0.0991 e. The molecule has 1 heterocycles. The molecular weight excluding hydrogens is 196 g/mol. The highest BCUT2D eigenvalue weighted by atomic mass is 15.2. The third kappa shape index (κ3) is 1.72. The van der Waals surface area contributed by atoms with Crippen LogP contribution in [-0.2, 0) is 6.54 Å². The Bertz CT molecular complexity index is 415. The largest absolute Gasteiger partial charge is 0.296 e. The minimum Gasteiger partial charge on any atom is -0.296 e. The molecule has 3 rings (SSSR count). The molecular formula is C14H16N2. The molecule has 2 nitrogen and oxygen atoms in total. The molecule has 16 heavy (non-hydrogen) atoms. The number of nitrogens with zero attached hydrogens (tertiary/aromatic N) is 2. The van der Waals surface area contributed by atoms with Gasteiger partial charge >= 0.3 is 0 Å². The zero-order valence-corrected chi connectivity index (χ0v) is 9.39. The lowest BCUT2D eigenvalue weighted by Crippen LogP contribution is -2.31.